The van der Waals surface area contributed by atoms with E-state index >= 15 is 0 Å². The third kappa shape index (κ3) is 3.97. The van der Waals surface area contributed by atoms with Crippen molar-refractivity contribution in [3.8, 4) is 40.1 Å². The zero-order chi connectivity index (χ0) is 24.7. The summed E-state index contributed by atoms with van der Waals surface area (Å²) in [6.45, 7) is -0.662. The van der Waals surface area contributed by atoms with Gasteiger partial charge in [0.15, 0.2) is 28.4 Å². The molecule has 1 aliphatic rings. The Morgan fingerprint density at radius 3 is 2.35 bits per heavy atom. The minimum atomic E-state index is -1.71. The van der Waals surface area contributed by atoms with E-state index in [1.165, 1.54) is 31.4 Å². The smallest absolute Gasteiger partial charge is 0.229 e. The Morgan fingerprint density at radius 1 is 0.941 bits per heavy atom. The van der Waals surface area contributed by atoms with Gasteiger partial charge in [0, 0.05) is 17.7 Å². The maximum atomic E-state index is 12.6. The molecule has 1 saturated heterocycles. The number of hydrogen-bond acceptors (Lipinski definition) is 12. The fourth-order valence-corrected chi connectivity index (χ4v) is 3.62. The topological polar surface area (TPSA) is 200 Å². The predicted octanol–water partition coefficient (Wildman–Crippen LogP) is -0.236. The molecule has 1 aromatic heterocycles. The van der Waals surface area contributed by atoms with E-state index in [2.05, 4.69) is 0 Å². The lowest BCUT2D eigenvalue weighted by molar-refractivity contribution is -0.277. The lowest BCUT2D eigenvalue weighted by Gasteiger charge is -2.39. The van der Waals surface area contributed by atoms with Crippen molar-refractivity contribution >= 4 is 11.0 Å². The van der Waals surface area contributed by atoms with Crippen LogP contribution in [0.5, 0.6) is 28.7 Å². The summed E-state index contributed by atoms with van der Waals surface area (Å²) in [7, 11) is 1.25. The zero-order valence-corrected chi connectivity index (χ0v) is 17.7. The van der Waals surface area contributed by atoms with Gasteiger partial charge in [-0.2, -0.15) is 0 Å². The molecule has 12 nitrogen and oxygen atoms in total. The standard InChI is InChI=1S/C22H22O12/c1-31-14-6-13-16(19(28)17(14)26)10(25)5-11(32-13)8-2-3-9(24)12(4-8)33-22-21(30)20(29)18(27)15(7-23)34-22/h2-6,15,18,20-24,26-30H,7H2,1H3. The summed E-state index contributed by atoms with van der Waals surface area (Å²) in [5.41, 5.74) is -0.516. The number of fused-ring (bicyclic) bond motifs is 1. The summed E-state index contributed by atoms with van der Waals surface area (Å²) in [6.07, 6.45) is -7.74. The highest BCUT2D eigenvalue weighted by Gasteiger charge is 2.45. The van der Waals surface area contributed by atoms with E-state index in [0.717, 1.165) is 6.07 Å². The first-order chi connectivity index (χ1) is 16.2. The van der Waals surface area contributed by atoms with E-state index in [0.29, 0.717) is 0 Å². The van der Waals surface area contributed by atoms with Crippen molar-refractivity contribution in [3.05, 3.63) is 40.6 Å². The van der Waals surface area contributed by atoms with Crippen LogP contribution in [0.2, 0.25) is 0 Å². The molecule has 34 heavy (non-hydrogen) atoms. The molecule has 0 spiro atoms. The van der Waals surface area contributed by atoms with Gasteiger partial charge in [-0.05, 0) is 18.2 Å². The number of hydrogen-bond donors (Lipinski definition) is 7. The SMILES string of the molecule is COc1cc2oc(-c3ccc(O)c(OC4OC(CO)C(O)C(O)C4O)c3)cc(=O)c2c(O)c1O. The molecule has 12 heteroatoms. The molecular formula is C22H22O12. The van der Waals surface area contributed by atoms with Crippen LogP contribution in [0.4, 0.5) is 0 Å². The maximum absolute atomic E-state index is 12.6. The Bertz CT molecular complexity index is 1270. The third-order valence-electron chi connectivity index (χ3n) is 5.49. The Morgan fingerprint density at radius 2 is 1.68 bits per heavy atom. The van der Waals surface area contributed by atoms with Crippen molar-refractivity contribution in [3.63, 3.8) is 0 Å². The number of ether oxygens (including phenoxy) is 3. The molecule has 1 aliphatic heterocycles. The van der Waals surface area contributed by atoms with Crippen LogP contribution in [0.25, 0.3) is 22.3 Å². The number of aromatic hydroxyl groups is 3. The van der Waals surface area contributed by atoms with Gasteiger partial charge >= 0.3 is 0 Å². The molecule has 0 radical (unpaired) electrons. The summed E-state index contributed by atoms with van der Waals surface area (Å²) in [5, 5.41) is 69.3. The van der Waals surface area contributed by atoms with Crippen molar-refractivity contribution in [1.82, 2.24) is 0 Å². The highest BCUT2D eigenvalue weighted by atomic mass is 16.7. The summed E-state index contributed by atoms with van der Waals surface area (Å²) >= 11 is 0. The molecule has 3 aromatic rings. The van der Waals surface area contributed by atoms with Gasteiger partial charge in [0.2, 0.25) is 12.0 Å². The van der Waals surface area contributed by atoms with Gasteiger partial charge in [0.1, 0.15) is 41.1 Å². The monoisotopic (exact) mass is 478 g/mol. The van der Waals surface area contributed by atoms with Crippen LogP contribution in [0.1, 0.15) is 0 Å². The van der Waals surface area contributed by atoms with Gasteiger partial charge in [-0.3, -0.25) is 4.79 Å². The van der Waals surface area contributed by atoms with Crippen LogP contribution in [-0.2, 0) is 4.74 Å². The van der Waals surface area contributed by atoms with Crippen LogP contribution < -0.4 is 14.9 Å². The zero-order valence-electron chi connectivity index (χ0n) is 17.7. The van der Waals surface area contributed by atoms with Crippen LogP contribution >= 0.6 is 0 Å². The number of aliphatic hydroxyl groups excluding tert-OH is 4. The fraction of sp³-hybridized carbons (Fsp3) is 0.318. The Kier molecular flexibility index (Phi) is 6.25. The lowest BCUT2D eigenvalue weighted by Crippen LogP contribution is -2.60. The number of aliphatic hydroxyl groups is 4. The normalized spacial score (nSPS) is 24.8. The Hall–Kier alpha value is -3.55. The highest BCUT2D eigenvalue weighted by molar-refractivity contribution is 5.89. The number of benzene rings is 2. The lowest BCUT2D eigenvalue weighted by atomic mass is 9.99. The average Bonchev–Trinajstić information content (AvgIpc) is 2.82. The fourth-order valence-electron chi connectivity index (χ4n) is 3.62. The predicted molar refractivity (Wildman–Crippen MR) is 114 cm³/mol. The van der Waals surface area contributed by atoms with Crippen molar-refractivity contribution in [2.24, 2.45) is 0 Å². The van der Waals surface area contributed by atoms with Crippen molar-refractivity contribution in [2.75, 3.05) is 13.7 Å². The molecule has 7 N–H and O–H groups in total. The van der Waals surface area contributed by atoms with Gasteiger partial charge in [0.25, 0.3) is 0 Å². The van der Waals surface area contributed by atoms with Gasteiger partial charge < -0.3 is 54.4 Å². The maximum Gasteiger partial charge on any atom is 0.229 e. The summed E-state index contributed by atoms with van der Waals surface area (Å²) in [6, 6.07) is 6.16. The van der Waals surface area contributed by atoms with Crippen molar-refractivity contribution in [1.29, 1.82) is 0 Å². The first-order valence-electron chi connectivity index (χ1n) is 10.0. The molecular weight excluding hydrogens is 456 g/mol. The first kappa shape index (κ1) is 23.6. The number of methoxy groups -OCH3 is 1. The second-order valence-electron chi connectivity index (χ2n) is 7.62. The van der Waals surface area contributed by atoms with Crippen LogP contribution in [0.15, 0.2) is 39.5 Å². The number of phenols is 3. The van der Waals surface area contributed by atoms with E-state index in [4.69, 9.17) is 18.6 Å². The Labute approximate surface area is 191 Å². The quantitative estimate of drug-likeness (QED) is 0.238. The van der Waals surface area contributed by atoms with E-state index in [1.54, 1.807) is 0 Å². The third-order valence-corrected chi connectivity index (χ3v) is 5.49. The van der Waals surface area contributed by atoms with Crippen LogP contribution in [0, 0.1) is 0 Å². The average molecular weight is 478 g/mol. The first-order valence-corrected chi connectivity index (χ1v) is 10.0. The molecule has 2 heterocycles. The minimum Gasteiger partial charge on any atom is -0.504 e. The summed E-state index contributed by atoms with van der Waals surface area (Å²) in [4.78, 5) is 12.6. The van der Waals surface area contributed by atoms with Crippen LogP contribution in [-0.4, -0.2) is 80.2 Å². The van der Waals surface area contributed by atoms with Crippen molar-refractivity contribution in [2.45, 2.75) is 30.7 Å². The molecule has 182 valence electrons. The molecule has 5 unspecified atom stereocenters. The van der Waals surface area contributed by atoms with Gasteiger partial charge in [-0.1, -0.05) is 0 Å². The van der Waals surface area contributed by atoms with Crippen molar-refractivity contribution < 1.29 is 54.4 Å². The van der Waals surface area contributed by atoms with Crippen LogP contribution in [0.3, 0.4) is 0 Å². The highest BCUT2D eigenvalue weighted by Crippen LogP contribution is 2.41. The van der Waals surface area contributed by atoms with Gasteiger partial charge in [0.05, 0.1) is 13.7 Å². The molecule has 2 aromatic carbocycles. The van der Waals surface area contributed by atoms with Gasteiger partial charge in [-0.15, -0.1) is 0 Å². The second kappa shape index (κ2) is 9.00. The van der Waals surface area contributed by atoms with E-state index < -0.39 is 54.2 Å². The largest absolute Gasteiger partial charge is 0.504 e. The molecule has 0 saturated carbocycles. The minimum absolute atomic E-state index is 0.00305. The summed E-state index contributed by atoms with van der Waals surface area (Å²) in [5.74, 6) is -2.04. The van der Waals surface area contributed by atoms with E-state index in [-0.39, 0.29) is 39.5 Å². The molecule has 4 rings (SSSR count). The van der Waals surface area contributed by atoms with E-state index in [9.17, 15) is 40.5 Å². The molecule has 0 bridgehead atoms. The molecule has 1 fully saturated rings. The molecule has 0 aliphatic carbocycles. The number of rotatable bonds is 5. The summed E-state index contributed by atoms with van der Waals surface area (Å²) < 4.78 is 21.4. The number of phenolic OH excluding ortho intramolecular Hbond substituents is 3. The Balaban J connectivity index is 1.72. The molecule has 5 atom stereocenters. The second-order valence-corrected chi connectivity index (χ2v) is 7.62. The van der Waals surface area contributed by atoms with Gasteiger partial charge in [-0.25, -0.2) is 0 Å². The van der Waals surface area contributed by atoms with E-state index in [1.807, 2.05) is 0 Å². The molecule has 0 amide bonds.